The van der Waals surface area contributed by atoms with Crippen molar-refractivity contribution in [2.75, 3.05) is 0 Å². The lowest BCUT2D eigenvalue weighted by Crippen LogP contribution is -2.22. The van der Waals surface area contributed by atoms with Gasteiger partial charge in [-0.25, -0.2) is 4.79 Å². The molecule has 3 aromatic carbocycles. The summed E-state index contributed by atoms with van der Waals surface area (Å²) in [5.74, 6) is -0.351. The first-order valence-corrected chi connectivity index (χ1v) is 11.1. The molecule has 6 rings (SSSR count). The van der Waals surface area contributed by atoms with E-state index in [2.05, 4.69) is 0 Å². The molecule has 3 heterocycles. The van der Waals surface area contributed by atoms with E-state index in [9.17, 15) is 19.5 Å². The molecule has 0 bridgehead atoms. The summed E-state index contributed by atoms with van der Waals surface area (Å²) < 4.78 is 14.7. The largest absolute Gasteiger partial charge is 0.508 e. The molecular formula is C27H20N2O6. The number of aromatic hydroxyl groups is 1. The summed E-state index contributed by atoms with van der Waals surface area (Å²) in [4.78, 5) is 38.3. The Hall–Kier alpha value is -4.59. The van der Waals surface area contributed by atoms with E-state index < -0.39 is 5.92 Å². The van der Waals surface area contributed by atoms with Crippen LogP contribution in [0.15, 0.2) is 74.9 Å². The maximum absolute atomic E-state index is 13.4. The smallest absolute Gasteiger partial charge is 0.328 e. The second-order valence-corrected chi connectivity index (χ2v) is 8.76. The molecule has 8 nitrogen and oxygen atoms in total. The lowest BCUT2D eigenvalue weighted by atomic mass is 9.85. The number of rotatable bonds is 2. The van der Waals surface area contributed by atoms with Gasteiger partial charge in [0, 0.05) is 25.6 Å². The SMILES string of the molecule is Cn1c(=O)n(C)c2cc([C@H]3CC(=O)Oc4ccc5c(=O)c(-c6ccc(O)cc6)coc5c43)ccc21. The molecule has 0 unspecified atom stereocenters. The summed E-state index contributed by atoms with van der Waals surface area (Å²) in [5.41, 5.74) is 3.93. The standard InChI is InChI=1S/C27H20N2O6/c1-28-20-9-5-15(11-21(20)29(2)27(28)33)18-12-23(31)35-22-10-8-17-25(32)19(13-34-26(17)24(18)22)14-3-6-16(30)7-4-14/h3-11,13,18,30H,12H2,1-2H3/t18-/m1/s1. The van der Waals surface area contributed by atoms with E-state index in [0.29, 0.717) is 33.4 Å². The molecule has 1 aliphatic heterocycles. The van der Waals surface area contributed by atoms with Gasteiger partial charge in [-0.15, -0.1) is 0 Å². The Morgan fingerprint density at radius 2 is 1.66 bits per heavy atom. The van der Waals surface area contributed by atoms with E-state index in [0.717, 1.165) is 16.6 Å². The monoisotopic (exact) mass is 468 g/mol. The second kappa shape index (κ2) is 7.46. The quantitative estimate of drug-likeness (QED) is 0.312. The van der Waals surface area contributed by atoms with E-state index in [-0.39, 0.29) is 29.3 Å². The zero-order chi connectivity index (χ0) is 24.4. The number of fused-ring (bicyclic) bond motifs is 4. The molecule has 0 spiro atoms. The zero-order valence-electron chi connectivity index (χ0n) is 18.9. The molecule has 0 radical (unpaired) electrons. The number of phenols is 1. The van der Waals surface area contributed by atoms with Gasteiger partial charge in [0.25, 0.3) is 0 Å². The highest BCUT2D eigenvalue weighted by molar-refractivity contribution is 5.90. The van der Waals surface area contributed by atoms with Gasteiger partial charge in [-0.2, -0.15) is 0 Å². The fourth-order valence-electron chi connectivity index (χ4n) is 4.92. The number of esters is 1. The third-order valence-corrected chi connectivity index (χ3v) is 6.76. The van der Waals surface area contributed by atoms with Crippen LogP contribution in [-0.4, -0.2) is 20.2 Å². The molecule has 35 heavy (non-hydrogen) atoms. The molecule has 0 aliphatic carbocycles. The van der Waals surface area contributed by atoms with Crippen LogP contribution < -0.4 is 15.9 Å². The van der Waals surface area contributed by atoms with Gasteiger partial charge in [0.05, 0.1) is 28.4 Å². The predicted molar refractivity (Wildman–Crippen MR) is 130 cm³/mol. The first-order valence-electron chi connectivity index (χ1n) is 11.1. The molecule has 1 N–H and O–H groups in total. The number of phenolic OH excluding ortho intramolecular Hbond substituents is 1. The summed E-state index contributed by atoms with van der Waals surface area (Å²) in [6, 6.07) is 15.2. The van der Waals surface area contributed by atoms with Crippen LogP contribution in [0.2, 0.25) is 0 Å². The number of aromatic nitrogens is 2. The van der Waals surface area contributed by atoms with Crippen LogP contribution >= 0.6 is 0 Å². The van der Waals surface area contributed by atoms with E-state index >= 15 is 0 Å². The van der Waals surface area contributed by atoms with Crippen molar-refractivity contribution in [2.45, 2.75) is 12.3 Å². The van der Waals surface area contributed by atoms with E-state index in [1.54, 1.807) is 47.5 Å². The third-order valence-electron chi connectivity index (χ3n) is 6.76. The highest BCUT2D eigenvalue weighted by atomic mass is 16.5. The highest BCUT2D eigenvalue weighted by Gasteiger charge is 2.32. The van der Waals surface area contributed by atoms with Gasteiger partial charge in [-0.3, -0.25) is 18.7 Å². The number of hydrogen-bond acceptors (Lipinski definition) is 6. The maximum atomic E-state index is 13.4. The van der Waals surface area contributed by atoms with Gasteiger partial charge < -0.3 is 14.3 Å². The Morgan fingerprint density at radius 1 is 0.914 bits per heavy atom. The van der Waals surface area contributed by atoms with Crippen molar-refractivity contribution < 1.29 is 19.1 Å². The minimum Gasteiger partial charge on any atom is -0.508 e. The maximum Gasteiger partial charge on any atom is 0.328 e. The summed E-state index contributed by atoms with van der Waals surface area (Å²) in [5, 5.41) is 9.94. The lowest BCUT2D eigenvalue weighted by Gasteiger charge is -2.25. The molecule has 1 atom stereocenters. The van der Waals surface area contributed by atoms with Crippen molar-refractivity contribution in [3.8, 4) is 22.6 Å². The average molecular weight is 468 g/mol. The number of ether oxygens (including phenoxy) is 1. The molecule has 0 amide bonds. The number of imidazole rings is 1. The number of nitrogens with zero attached hydrogens (tertiary/aromatic N) is 2. The number of benzene rings is 3. The van der Waals surface area contributed by atoms with E-state index in [4.69, 9.17) is 9.15 Å². The Balaban J connectivity index is 1.57. The first-order chi connectivity index (χ1) is 16.8. The van der Waals surface area contributed by atoms with Crippen molar-refractivity contribution in [2.24, 2.45) is 14.1 Å². The van der Waals surface area contributed by atoms with Gasteiger partial charge >= 0.3 is 11.7 Å². The molecule has 0 saturated carbocycles. The normalized spacial score (nSPS) is 15.4. The van der Waals surface area contributed by atoms with Crippen molar-refractivity contribution >= 4 is 28.0 Å². The molecule has 5 aromatic rings. The van der Waals surface area contributed by atoms with Crippen molar-refractivity contribution in [3.63, 3.8) is 0 Å². The van der Waals surface area contributed by atoms with Crippen LogP contribution in [0.1, 0.15) is 23.5 Å². The number of hydrogen-bond donors (Lipinski definition) is 1. The fraction of sp³-hybridized carbons (Fsp3) is 0.148. The Labute approximate surface area is 198 Å². The van der Waals surface area contributed by atoms with Gasteiger partial charge in [0.15, 0.2) is 0 Å². The number of carbonyl (C=O) groups excluding carboxylic acids is 1. The Kier molecular flexibility index (Phi) is 4.47. The summed E-state index contributed by atoms with van der Waals surface area (Å²) >= 11 is 0. The van der Waals surface area contributed by atoms with Crippen molar-refractivity contribution in [1.29, 1.82) is 0 Å². The van der Waals surface area contributed by atoms with Gasteiger partial charge in [-0.1, -0.05) is 18.2 Å². The minimum absolute atomic E-state index is 0.0713. The fourth-order valence-corrected chi connectivity index (χ4v) is 4.92. The molecule has 2 aromatic heterocycles. The summed E-state index contributed by atoms with van der Waals surface area (Å²) in [6.45, 7) is 0. The molecule has 8 heteroatoms. The topological polar surface area (TPSA) is 104 Å². The van der Waals surface area contributed by atoms with Crippen LogP contribution in [0.3, 0.4) is 0 Å². The van der Waals surface area contributed by atoms with Crippen molar-refractivity contribution in [1.82, 2.24) is 9.13 Å². The Morgan fingerprint density at radius 3 is 2.43 bits per heavy atom. The molecule has 0 fully saturated rings. The van der Waals surface area contributed by atoms with Gasteiger partial charge in [-0.05, 0) is 47.5 Å². The Bertz CT molecular complexity index is 1790. The van der Waals surface area contributed by atoms with Gasteiger partial charge in [0.2, 0.25) is 5.43 Å². The number of carbonyl (C=O) groups is 1. The average Bonchev–Trinajstić information content (AvgIpc) is 3.07. The molecular weight excluding hydrogens is 448 g/mol. The van der Waals surface area contributed by atoms with Crippen LogP contribution in [0, 0.1) is 0 Å². The molecule has 1 aliphatic rings. The van der Waals surface area contributed by atoms with E-state index in [1.165, 1.54) is 18.4 Å². The summed E-state index contributed by atoms with van der Waals surface area (Å²) in [6.07, 6.45) is 1.47. The number of aryl methyl sites for hydroxylation is 2. The second-order valence-electron chi connectivity index (χ2n) is 8.76. The predicted octanol–water partition coefficient (Wildman–Crippen LogP) is 3.80. The van der Waals surface area contributed by atoms with Crippen LogP contribution in [-0.2, 0) is 18.9 Å². The van der Waals surface area contributed by atoms with Crippen LogP contribution in [0.5, 0.6) is 11.5 Å². The third kappa shape index (κ3) is 3.10. The van der Waals surface area contributed by atoms with Crippen LogP contribution in [0.25, 0.3) is 33.1 Å². The van der Waals surface area contributed by atoms with Gasteiger partial charge in [0.1, 0.15) is 23.3 Å². The van der Waals surface area contributed by atoms with Crippen molar-refractivity contribution in [3.05, 3.63) is 92.7 Å². The molecule has 0 saturated heterocycles. The highest BCUT2D eigenvalue weighted by Crippen LogP contribution is 2.43. The lowest BCUT2D eigenvalue weighted by molar-refractivity contribution is -0.135. The van der Waals surface area contributed by atoms with E-state index in [1.807, 2.05) is 18.2 Å². The van der Waals surface area contributed by atoms with Crippen LogP contribution in [0.4, 0.5) is 0 Å². The first kappa shape index (κ1) is 21.0. The zero-order valence-corrected chi connectivity index (χ0v) is 18.9. The molecule has 174 valence electrons. The minimum atomic E-state index is -0.419. The summed E-state index contributed by atoms with van der Waals surface area (Å²) in [7, 11) is 3.42.